The number of rotatable bonds is 6. The number of amides is 2. The Labute approximate surface area is 163 Å². The number of carbonyl (C=O) groups is 2. The van der Waals surface area contributed by atoms with Crippen LogP contribution in [0.1, 0.15) is 18.1 Å². The van der Waals surface area contributed by atoms with E-state index in [4.69, 9.17) is 0 Å². The fourth-order valence-electron chi connectivity index (χ4n) is 2.51. The molecule has 0 unspecified atom stereocenters. The number of hydrogen-bond acceptors (Lipinski definition) is 2. The van der Waals surface area contributed by atoms with Crippen molar-refractivity contribution in [1.82, 2.24) is 4.90 Å². The number of carbonyl (C=O) groups excluding carboxylic acids is 2. The van der Waals surface area contributed by atoms with Crippen molar-refractivity contribution in [1.29, 1.82) is 0 Å². The smallest absolute Gasteiger partial charge is 0.331 e. The number of nitrogens with zero attached hydrogens (tertiary/aromatic N) is 1. The molecule has 27 heavy (non-hydrogen) atoms. The van der Waals surface area contributed by atoms with Crippen LogP contribution in [0.2, 0.25) is 0 Å². The van der Waals surface area contributed by atoms with Crippen LogP contribution in [-0.4, -0.2) is 29.4 Å². The van der Waals surface area contributed by atoms with Gasteiger partial charge in [0.1, 0.15) is 0 Å². The molecule has 0 fully saturated rings. The van der Waals surface area contributed by atoms with Gasteiger partial charge in [-0.15, -0.1) is 0 Å². The summed E-state index contributed by atoms with van der Waals surface area (Å²) in [5.74, 6) is -2.13. The van der Waals surface area contributed by atoms with Crippen LogP contribution in [0.25, 0.3) is 0 Å². The van der Waals surface area contributed by atoms with Gasteiger partial charge in [0.25, 0.3) is 0 Å². The Morgan fingerprint density at radius 1 is 1.07 bits per heavy atom. The van der Waals surface area contributed by atoms with Crippen LogP contribution in [-0.2, 0) is 22.6 Å². The Kier molecular flexibility index (Phi) is 7.01. The number of anilines is 1. The molecule has 0 spiro atoms. The molecule has 0 aliphatic rings. The van der Waals surface area contributed by atoms with E-state index in [-0.39, 0.29) is 25.4 Å². The zero-order valence-electron chi connectivity index (χ0n) is 14.5. The molecule has 8 heteroatoms. The van der Waals surface area contributed by atoms with E-state index in [9.17, 15) is 22.8 Å². The average molecular weight is 443 g/mol. The molecule has 0 aliphatic heterocycles. The van der Waals surface area contributed by atoms with Crippen molar-refractivity contribution in [3.05, 3.63) is 64.1 Å². The highest BCUT2D eigenvalue weighted by molar-refractivity contribution is 9.10. The topological polar surface area (TPSA) is 49.4 Å². The summed E-state index contributed by atoms with van der Waals surface area (Å²) in [6, 6.07) is 13.8. The summed E-state index contributed by atoms with van der Waals surface area (Å²) in [6.45, 7) is 1.22. The van der Waals surface area contributed by atoms with E-state index >= 15 is 0 Å². The maximum Gasteiger partial charge on any atom is 0.471 e. The molecule has 0 bridgehead atoms. The van der Waals surface area contributed by atoms with Gasteiger partial charge in [-0.05, 0) is 42.3 Å². The Hall–Kier alpha value is -2.35. The third-order valence-corrected chi connectivity index (χ3v) is 4.24. The lowest BCUT2D eigenvalue weighted by molar-refractivity contribution is -0.185. The molecule has 4 nitrogen and oxygen atoms in total. The Morgan fingerprint density at radius 2 is 1.74 bits per heavy atom. The fourth-order valence-corrected chi connectivity index (χ4v) is 2.96. The first-order chi connectivity index (χ1) is 12.7. The molecule has 0 atom stereocenters. The monoisotopic (exact) mass is 442 g/mol. The molecular weight excluding hydrogens is 425 g/mol. The lowest BCUT2D eigenvalue weighted by Gasteiger charge is -2.22. The Morgan fingerprint density at radius 3 is 2.37 bits per heavy atom. The zero-order valence-corrected chi connectivity index (χ0v) is 16.1. The van der Waals surface area contributed by atoms with Crippen LogP contribution >= 0.6 is 15.9 Å². The summed E-state index contributed by atoms with van der Waals surface area (Å²) in [6.07, 6.45) is -4.75. The molecular formula is C19H18BrF3N2O2. The van der Waals surface area contributed by atoms with E-state index in [2.05, 4.69) is 21.2 Å². The van der Waals surface area contributed by atoms with Gasteiger partial charge in [0, 0.05) is 23.2 Å². The van der Waals surface area contributed by atoms with E-state index in [1.165, 1.54) is 6.92 Å². The van der Waals surface area contributed by atoms with Gasteiger partial charge in [-0.25, -0.2) is 0 Å². The van der Waals surface area contributed by atoms with Crippen molar-refractivity contribution in [3.63, 3.8) is 0 Å². The van der Waals surface area contributed by atoms with Gasteiger partial charge in [0.15, 0.2) is 0 Å². The highest BCUT2D eigenvalue weighted by atomic mass is 79.9. The second kappa shape index (κ2) is 9.03. The minimum Gasteiger partial charge on any atom is -0.331 e. The SMILES string of the molecule is CCN(Cc1cccc(NC(=O)Cc2cccc(Br)c2)c1)C(=O)C(F)(F)F. The van der Waals surface area contributed by atoms with Crippen LogP contribution in [0.4, 0.5) is 18.9 Å². The average Bonchev–Trinajstić information content (AvgIpc) is 2.58. The minimum atomic E-state index is -4.91. The van der Waals surface area contributed by atoms with Gasteiger partial charge in [0.2, 0.25) is 5.91 Å². The molecule has 0 heterocycles. The highest BCUT2D eigenvalue weighted by Crippen LogP contribution is 2.21. The van der Waals surface area contributed by atoms with Gasteiger partial charge >= 0.3 is 12.1 Å². The van der Waals surface area contributed by atoms with Crippen LogP contribution in [0.5, 0.6) is 0 Å². The molecule has 0 radical (unpaired) electrons. The number of halogens is 4. The van der Waals surface area contributed by atoms with Crippen molar-refractivity contribution in [2.75, 3.05) is 11.9 Å². The fraction of sp³-hybridized carbons (Fsp3) is 0.263. The molecule has 2 aromatic carbocycles. The van der Waals surface area contributed by atoms with Crippen molar-refractivity contribution in [3.8, 4) is 0 Å². The predicted molar refractivity (Wildman–Crippen MR) is 100 cm³/mol. The lowest BCUT2D eigenvalue weighted by atomic mass is 10.1. The summed E-state index contributed by atoms with van der Waals surface area (Å²) in [5.41, 5.74) is 1.78. The first-order valence-corrected chi connectivity index (χ1v) is 8.97. The lowest BCUT2D eigenvalue weighted by Crippen LogP contribution is -2.40. The first kappa shape index (κ1) is 21.0. The van der Waals surface area contributed by atoms with Crippen LogP contribution in [0.3, 0.4) is 0 Å². The summed E-state index contributed by atoms with van der Waals surface area (Å²) in [4.78, 5) is 24.3. The van der Waals surface area contributed by atoms with Gasteiger partial charge in [-0.1, -0.05) is 40.2 Å². The first-order valence-electron chi connectivity index (χ1n) is 8.18. The van der Waals surface area contributed by atoms with E-state index in [1.54, 1.807) is 24.3 Å². The molecule has 144 valence electrons. The second-order valence-corrected chi connectivity index (χ2v) is 6.79. The van der Waals surface area contributed by atoms with E-state index in [0.29, 0.717) is 16.2 Å². The Bertz CT molecular complexity index is 825. The standard InChI is InChI=1S/C19H18BrF3N2O2/c1-2-25(18(27)19(21,22)23)12-14-6-4-8-16(10-14)24-17(26)11-13-5-3-7-15(20)9-13/h3-10H,2,11-12H2,1H3,(H,24,26). The minimum absolute atomic E-state index is 0.0716. The normalized spacial score (nSPS) is 11.1. The van der Waals surface area contributed by atoms with Crippen molar-refractivity contribution < 1.29 is 22.8 Å². The van der Waals surface area contributed by atoms with E-state index < -0.39 is 12.1 Å². The molecule has 2 rings (SSSR count). The van der Waals surface area contributed by atoms with E-state index in [1.807, 2.05) is 24.3 Å². The van der Waals surface area contributed by atoms with Crippen molar-refractivity contribution >= 4 is 33.4 Å². The number of hydrogen-bond donors (Lipinski definition) is 1. The molecule has 1 N–H and O–H groups in total. The van der Waals surface area contributed by atoms with Gasteiger partial charge < -0.3 is 10.2 Å². The highest BCUT2D eigenvalue weighted by Gasteiger charge is 2.41. The van der Waals surface area contributed by atoms with E-state index in [0.717, 1.165) is 10.0 Å². The predicted octanol–water partition coefficient (Wildman–Crippen LogP) is 4.54. The second-order valence-electron chi connectivity index (χ2n) is 5.87. The molecule has 0 saturated heterocycles. The third kappa shape index (κ3) is 6.39. The summed E-state index contributed by atoms with van der Waals surface area (Å²) in [7, 11) is 0. The summed E-state index contributed by atoms with van der Waals surface area (Å²) in [5, 5.41) is 2.72. The number of alkyl halides is 3. The van der Waals surface area contributed by atoms with Crippen molar-refractivity contribution in [2.45, 2.75) is 26.1 Å². The molecule has 0 aromatic heterocycles. The van der Waals surface area contributed by atoms with Crippen LogP contribution in [0.15, 0.2) is 53.0 Å². The van der Waals surface area contributed by atoms with Gasteiger partial charge in [-0.2, -0.15) is 13.2 Å². The largest absolute Gasteiger partial charge is 0.471 e. The van der Waals surface area contributed by atoms with Crippen LogP contribution in [0, 0.1) is 0 Å². The number of benzene rings is 2. The van der Waals surface area contributed by atoms with Gasteiger partial charge in [0.05, 0.1) is 6.42 Å². The number of nitrogens with one attached hydrogen (secondary N) is 1. The third-order valence-electron chi connectivity index (χ3n) is 3.75. The summed E-state index contributed by atoms with van der Waals surface area (Å²) < 4.78 is 38.7. The van der Waals surface area contributed by atoms with Gasteiger partial charge in [-0.3, -0.25) is 9.59 Å². The maximum atomic E-state index is 12.6. The quantitative estimate of drug-likeness (QED) is 0.713. The zero-order chi connectivity index (χ0) is 20.0. The molecule has 0 aliphatic carbocycles. The molecule has 0 saturated carbocycles. The van der Waals surface area contributed by atoms with Crippen molar-refractivity contribution in [2.24, 2.45) is 0 Å². The Balaban J connectivity index is 2.04. The maximum absolute atomic E-state index is 12.6. The molecule has 2 aromatic rings. The van der Waals surface area contributed by atoms with Crippen LogP contribution < -0.4 is 5.32 Å². The molecule has 2 amide bonds. The summed E-state index contributed by atoms with van der Waals surface area (Å²) >= 11 is 3.34.